The van der Waals surface area contributed by atoms with Crippen LogP contribution < -0.4 is 10.1 Å². The average Bonchev–Trinajstić information content (AvgIpc) is 2.64. The summed E-state index contributed by atoms with van der Waals surface area (Å²) in [6.45, 7) is 4.76. The largest absolute Gasteiger partial charge is 0.461 e. The molecule has 2 saturated heterocycles. The van der Waals surface area contributed by atoms with Gasteiger partial charge in [0.2, 0.25) is 0 Å². The number of benzene rings is 1. The van der Waals surface area contributed by atoms with Crippen LogP contribution in [0.25, 0.3) is 0 Å². The molecular weight excluding hydrogens is 352 g/mol. The third kappa shape index (κ3) is 4.66. The Kier molecular flexibility index (Phi) is 6.37. The van der Waals surface area contributed by atoms with E-state index in [1.165, 1.54) is 12.1 Å². The molecule has 2 heterocycles. The van der Waals surface area contributed by atoms with E-state index < -0.39 is 12.5 Å². The van der Waals surface area contributed by atoms with E-state index in [1.54, 1.807) is 6.07 Å². The SMILES string of the molecule is FC(F)C(F)(F)Oc1cccc([C@H](C2CCOCC2)N2CCNCC2)c1. The van der Waals surface area contributed by atoms with Gasteiger partial charge in [0.05, 0.1) is 0 Å². The lowest BCUT2D eigenvalue weighted by atomic mass is 9.85. The summed E-state index contributed by atoms with van der Waals surface area (Å²) in [5, 5.41) is 3.31. The highest BCUT2D eigenvalue weighted by Crippen LogP contribution is 2.37. The van der Waals surface area contributed by atoms with Gasteiger partial charge in [0.15, 0.2) is 0 Å². The van der Waals surface area contributed by atoms with E-state index in [1.807, 2.05) is 6.07 Å². The summed E-state index contributed by atoms with van der Waals surface area (Å²) < 4.78 is 61.1. The van der Waals surface area contributed by atoms with Gasteiger partial charge >= 0.3 is 12.5 Å². The zero-order valence-corrected chi connectivity index (χ0v) is 14.5. The van der Waals surface area contributed by atoms with Gasteiger partial charge in [0.1, 0.15) is 5.75 Å². The summed E-state index contributed by atoms with van der Waals surface area (Å²) >= 11 is 0. The van der Waals surface area contributed by atoms with Crippen molar-refractivity contribution in [2.45, 2.75) is 31.4 Å². The van der Waals surface area contributed by atoms with Crippen LogP contribution in [0.2, 0.25) is 0 Å². The van der Waals surface area contributed by atoms with E-state index in [2.05, 4.69) is 15.0 Å². The van der Waals surface area contributed by atoms with Crippen LogP contribution in [0.3, 0.4) is 0 Å². The molecule has 2 aliphatic heterocycles. The minimum absolute atomic E-state index is 0.0322. The smallest absolute Gasteiger partial charge is 0.428 e. The van der Waals surface area contributed by atoms with Crippen LogP contribution in [0.1, 0.15) is 24.4 Å². The van der Waals surface area contributed by atoms with Crippen LogP contribution >= 0.6 is 0 Å². The lowest BCUT2D eigenvalue weighted by molar-refractivity contribution is -0.253. The highest BCUT2D eigenvalue weighted by atomic mass is 19.3. The highest BCUT2D eigenvalue weighted by Gasteiger charge is 2.44. The number of piperazine rings is 1. The molecule has 4 nitrogen and oxygen atoms in total. The molecule has 0 saturated carbocycles. The lowest BCUT2D eigenvalue weighted by Crippen LogP contribution is -2.47. The molecule has 3 rings (SSSR count). The molecule has 1 aromatic rings. The van der Waals surface area contributed by atoms with E-state index in [9.17, 15) is 17.6 Å². The molecule has 0 bridgehead atoms. The molecule has 0 aromatic heterocycles. The quantitative estimate of drug-likeness (QED) is 0.773. The van der Waals surface area contributed by atoms with Gasteiger partial charge in [0, 0.05) is 45.4 Å². The summed E-state index contributed by atoms with van der Waals surface area (Å²) in [7, 11) is 0. The van der Waals surface area contributed by atoms with Crippen molar-refractivity contribution in [3.05, 3.63) is 29.8 Å². The first kappa shape index (κ1) is 19.4. The number of halogens is 4. The van der Waals surface area contributed by atoms with E-state index >= 15 is 0 Å². The summed E-state index contributed by atoms with van der Waals surface area (Å²) in [4.78, 5) is 2.33. The number of rotatable bonds is 6. The van der Waals surface area contributed by atoms with Crippen LogP contribution in [0, 0.1) is 5.92 Å². The molecule has 26 heavy (non-hydrogen) atoms. The molecule has 0 radical (unpaired) electrons. The molecule has 0 aliphatic carbocycles. The Morgan fingerprint density at radius 1 is 1.15 bits per heavy atom. The van der Waals surface area contributed by atoms with Gasteiger partial charge < -0.3 is 14.8 Å². The first-order chi connectivity index (χ1) is 12.5. The molecule has 0 unspecified atom stereocenters. The standard InChI is InChI=1S/C18H24F4N2O2/c19-17(20)18(21,22)26-15-3-1-2-14(12-15)16(13-4-10-25-11-5-13)24-8-6-23-7-9-24/h1-3,12-13,16-17,23H,4-11H2/t16-/m0/s1. The van der Waals surface area contributed by atoms with Gasteiger partial charge in [-0.05, 0) is 36.5 Å². The van der Waals surface area contributed by atoms with E-state index in [0.29, 0.717) is 19.1 Å². The van der Waals surface area contributed by atoms with Gasteiger partial charge in [-0.25, -0.2) is 0 Å². The zero-order valence-electron chi connectivity index (χ0n) is 14.5. The lowest BCUT2D eigenvalue weighted by Gasteiger charge is -2.41. The molecule has 1 N–H and O–H groups in total. The van der Waals surface area contributed by atoms with Gasteiger partial charge in [-0.2, -0.15) is 17.6 Å². The highest BCUT2D eigenvalue weighted by molar-refractivity contribution is 5.31. The Morgan fingerprint density at radius 3 is 2.50 bits per heavy atom. The van der Waals surface area contributed by atoms with Crippen molar-refractivity contribution in [3.63, 3.8) is 0 Å². The van der Waals surface area contributed by atoms with E-state index in [0.717, 1.165) is 44.6 Å². The maximum absolute atomic E-state index is 13.3. The maximum atomic E-state index is 13.3. The molecular formula is C18H24F4N2O2. The van der Waals surface area contributed by atoms with Crippen molar-refractivity contribution in [1.82, 2.24) is 10.2 Å². The van der Waals surface area contributed by atoms with Crippen molar-refractivity contribution in [2.75, 3.05) is 39.4 Å². The van der Waals surface area contributed by atoms with E-state index in [-0.39, 0.29) is 11.8 Å². The number of hydrogen-bond donors (Lipinski definition) is 1. The monoisotopic (exact) mass is 376 g/mol. The second kappa shape index (κ2) is 8.54. The Morgan fingerprint density at radius 2 is 1.85 bits per heavy atom. The van der Waals surface area contributed by atoms with E-state index in [4.69, 9.17) is 4.74 Å². The zero-order chi connectivity index (χ0) is 18.6. The van der Waals surface area contributed by atoms with Gasteiger partial charge in [-0.1, -0.05) is 12.1 Å². The Bertz CT molecular complexity index is 558. The number of nitrogens with one attached hydrogen (secondary N) is 1. The van der Waals surface area contributed by atoms with Gasteiger partial charge in [0.25, 0.3) is 0 Å². The van der Waals surface area contributed by atoms with Crippen molar-refractivity contribution in [1.29, 1.82) is 0 Å². The van der Waals surface area contributed by atoms with Crippen LogP contribution in [-0.2, 0) is 4.74 Å². The minimum Gasteiger partial charge on any atom is -0.428 e. The van der Waals surface area contributed by atoms with Crippen LogP contribution in [0.5, 0.6) is 5.75 Å². The van der Waals surface area contributed by atoms with Crippen molar-refractivity contribution >= 4 is 0 Å². The number of ether oxygens (including phenoxy) is 2. The molecule has 2 fully saturated rings. The fourth-order valence-electron chi connectivity index (χ4n) is 3.74. The Labute approximate surface area is 150 Å². The van der Waals surface area contributed by atoms with Crippen molar-refractivity contribution in [2.24, 2.45) is 5.92 Å². The summed E-state index contributed by atoms with van der Waals surface area (Å²) in [6.07, 6.45) is -6.60. The fraction of sp³-hybridized carbons (Fsp3) is 0.667. The third-order valence-corrected chi connectivity index (χ3v) is 4.97. The normalized spacial score (nSPS) is 21.7. The molecule has 146 valence electrons. The number of alkyl halides is 4. The molecule has 0 spiro atoms. The Balaban J connectivity index is 1.84. The molecule has 0 amide bonds. The topological polar surface area (TPSA) is 33.7 Å². The second-order valence-electron chi connectivity index (χ2n) is 6.72. The number of nitrogens with zero attached hydrogens (tertiary/aromatic N) is 1. The summed E-state index contributed by atoms with van der Waals surface area (Å²) in [6, 6.07) is 6.23. The predicted octanol–water partition coefficient (Wildman–Crippen LogP) is 3.30. The summed E-state index contributed by atoms with van der Waals surface area (Å²) in [5.74, 6) is 0.0905. The van der Waals surface area contributed by atoms with Gasteiger partial charge in [-0.3, -0.25) is 4.90 Å². The van der Waals surface area contributed by atoms with Crippen LogP contribution in [0.15, 0.2) is 24.3 Å². The van der Waals surface area contributed by atoms with Crippen molar-refractivity contribution in [3.8, 4) is 5.75 Å². The predicted molar refractivity (Wildman–Crippen MR) is 88.7 cm³/mol. The minimum atomic E-state index is -4.50. The van der Waals surface area contributed by atoms with Crippen molar-refractivity contribution < 1.29 is 27.0 Å². The first-order valence-corrected chi connectivity index (χ1v) is 8.95. The second-order valence-corrected chi connectivity index (χ2v) is 6.72. The van der Waals surface area contributed by atoms with Crippen LogP contribution in [0.4, 0.5) is 17.6 Å². The average molecular weight is 376 g/mol. The van der Waals surface area contributed by atoms with Crippen LogP contribution in [-0.4, -0.2) is 56.8 Å². The van der Waals surface area contributed by atoms with Gasteiger partial charge in [-0.15, -0.1) is 0 Å². The Hall–Kier alpha value is -1.38. The summed E-state index contributed by atoms with van der Waals surface area (Å²) in [5.41, 5.74) is 0.821. The third-order valence-electron chi connectivity index (χ3n) is 4.97. The molecule has 1 aromatic carbocycles. The molecule has 8 heteroatoms. The maximum Gasteiger partial charge on any atom is 0.461 e. The first-order valence-electron chi connectivity index (χ1n) is 8.95. The molecule has 2 aliphatic rings. The fourth-order valence-corrected chi connectivity index (χ4v) is 3.74. The number of hydrogen-bond acceptors (Lipinski definition) is 4. The molecule has 1 atom stereocenters.